The van der Waals surface area contributed by atoms with Gasteiger partial charge >= 0.3 is 5.97 Å². The smallest absolute Gasteiger partial charge is 0.326 e. The number of hydrogen-bond donors (Lipinski definition) is 2. The average molecular weight is 426 g/mol. The highest BCUT2D eigenvalue weighted by Gasteiger charge is 2.23. The Morgan fingerprint density at radius 1 is 1.19 bits per heavy atom. The number of fused-ring (bicyclic) bond motifs is 1. The third-order valence-electron chi connectivity index (χ3n) is 5.56. The minimum absolute atomic E-state index is 0.156. The Bertz CT molecular complexity index is 1030. The predicted octanol–water partition coefficient (Wildman–Crippen LogP) is 4.81. The van der Waals surface area contributed by atoms with Crippen LogP contribution in [0.3, 0.4) is 0 Å². The van der Waals surface area contributed by atoms with Crippen LogP contribution in [0.4, 0.5) is 0 Å². The van der Waals surface area contributed by atoms with E-state index < -0.39 is 17.9 Å². The van der Waals surface area contributed by atoms with Gasteiger partial charge in [0.15, 0.2) is 0 Å². The van der Waals surface area contributed by atoms with E-state index >= 15 is 0 Å². The first-order chi connectivity index (χ1) is 14.8. The summed E-state index contributed by atoms with van der Waals surface area (Å²) in [7, 11) is 0. The quantitative estimate of drug-likeness (QED) is 0.486. The van der Waals surface area contributed by atoms with E-state index in [2.05, 4.69) is 23.7 Å². The number of imidazole rings is 1. The molecule has 0 radical (unpaired) electrons. The maximum absolute atomic E-state index is 12.8. The van der Waals surface area contributed by atoms with Gasteiger partial charge in [0, 0.05) is 11.6 Å². The molecule has 0 spiro atoms. The van der Waals surface area contributed by atoms with Crippen molar-refractivity contribution in [3.8, 4) is 0 Å². The normalized spacial score (nSPS) is 12.6. The number of carboxylic acids is 1. The van der Waals surface area contributed by atoms with Crippen molar-refractivity contribution in [3.05, 3.63) is 53.7 Å². The monoisotopic (exact) mass is 425 g/mol. The van der Waals surface area contributed by atoms with Crippen LogP contribution in [0.5, 0.6) is 0 Å². The number of nitrogens with zero attached hydrogens (tertiary/aromatic N) is 2. The van der Waals surface area contributed by atoms with Gasteiger partial charge in [-0.2, -0.15) is 0 Å². The summed E-state index contributed by atoms with van der Waals surface area (Å²) in [6, 6.07) is 8.54. The highest BCUT2D eigenvalue weighted by Crippen LogP contribution is 2.28. The molecular formula is C24H31N3O4. The number of aromatic nitrogens is 2. The highest BCUT2D eigenvalue weighted by molar-refractivity contribution is 5.99. The minimum Gasteiger partial charge on any atom is -0.480 e. The molecule has 7 heteroatoms. The van der Waals surface area contributed by atoms with Crippen LogP contribution in [0.2, 0.25) is 0 Å². The lowest BCUT2D eigenvalue weighted by molar-refractivity contribution is -0.139. The molecule has 1 atom stereocenters. The van der Waals surface area contributed by atoms with Crippen LogP contribution >= 0.6 is 0 Å². The molecule has 1 amide bonds. The molecule has 0 saturated carbocycles. The summed E-state index contributed by atoms with van der Waals surface area (Å²) < 4.78 is 7.76. The minimum atomic E-state index is -1.03. The first-order valence-electron chi connectivity index (χ1n) is 10.9. The van der Waals surface area contributed by atoms with Gasteiger partial charge in [0.1, 0.15) is 17.6 Å². The van der Waals surface area contributed by atoms with Crippen LogP contribution in [0.15, 0.2) is 41.0 Å². The molecule has 2 N–H and O–H groups in total. The molecule has 3 rings (SSSR count). The maximum Gasteiger partial charge on any atom is 0.326 e. The molecule has 0 aliphatic heterocycles. The number of amides is 1. The molecule has 0 aliphatic carbocycles. The third kappa shape index (κ3) is 5.16. The lowest BCUT2D eigenvalue weighted by Gasteiger charge is -2.19. The van der Waals surface area contributed by atoms with Gasteiger partial charge in [-0.25, -0.2) is 9.78 Å². The van der Waals surface area contributed by atoms with E-state index in [1.807, 2.05) is 32.0 Å². The van der Waals surface area contributed by atoms with Gasteiger partial charge in [-0.05, 0) is 55.5 Å². The number of hydrogen-bond acceptors (Lipinski definition) is 4. The number of aliphatic carboxylic acids is 1. The number of carbonyl (C=O) groups is 2. The lowest BCUT2D eigenvalue weighted by Crippen LogP contribution is -2.41. The van der Waals surface area contributed by atoms with Crippen LogP contribution in [0.1, 0.15) is 74.9 Å². The molecule has 3 aromatic rings. The van der Waals surface area contributed by atoms with Crippen LogP contribution < -0.4 is 5.32 Å². The zero-order valence-electron chi connectivity index (χ0n) is 18.6. The Morgan fingerprint density at radius 3 is 2.52 bits per heavy atom. The zero-order chi connectivity index (χ0) is 22.5. The largest absolute Gasteiger partial charge is 0.480 e. The second-order valence-electron chi connectivity index (χ2n) is 8.32. The van der Waals surface area contributed by atoms with E-state index in [1.54, 1.807) is 18.4 Å². The molecule has 0 aliphatic rings. The van der Waals surface area contributed by atoms with E-state index in [4.69, 9.17) is 9.40 Å². The standard InChI is InChI=1S/C24H31N3O4/c1-5-17(6-2)27-21-10-9-16(23(28)26-20(24(29)30)12-15(3)4)13-19(21)25-22(27)14-18-8-7-11-31-18/h7-11,13,15,17,20H,5-6,12,14H2,1-4H3,(H,26,28)(H,29,30). The summed E-state index contributed by atoms with van der Waals surface area (Å²) in [5.41, 5.74) is 2.09. The van der Waals surface area contributed by atoms with Gasteiger partial charge in [-0.1, -0.05) is 27.7 Å². The Balaban J connectivity index is 1.96. The number of benzene rings is 1. The van der Waals surface area contributed by atoms with E-state index in [1.165, 1.54) is 0 Å². The van der Waals surface area contributed by atoms with Crippen molar-refractivity contribution in [1.29, 1.82) is 0 Å². The van der Waals surface area contributed by atoms with Crippen molar-refractivity contribution in [1.82, 2.24) is 14.9 Å². The molecule has 1 aromatic carbocycles. The molecule has 1 unspecified atom stereocenters. The molecule has 2 heterocycles. The molecule has 166 valence electrons. The molecule has 0 saturated heterocycles. The van der Waals surface area contributed by atoms with Crippen LogP contribution in [-0.4, -0.2) is 32.6 Å². The SMILES string of the molecule is CCC(CC)n1c(Cc2ccco2)nc2cc(C(=O)NC(CC(C)C)C(=O)O)ccc21. The van der Waals surface area contributed by atoms with E-state index in [9.17, 15) is 14.7 Å². The van der Waals surface area contributed by atoms with Crippen LogP contribution in [0.25, 0.3) is 11.0 Å². The predicted molar refractivity (Wildman–Crippen MR) is 119 cm³/mol. The van der Waals surface area contributed by atoms with Crippen molar-refractivity contribution < 1.29 is 19.1 Å². The second kappa shape index (κ2) is 9.81. The fourth-order valence-corrected chi connectivity index (χ4v) is 3.98. The molecular weight excluding hydrogens is 394 g/mol. The Kier molecular flexibility index (Phi) is 7.15. The number of nitrogens with one attached hydrogen (secondary N) is 1. The summed E-state index contributed by atoms with van der Waals surface area (Å²) in [6.45, 7) is 8.16. The Hall–Kier alpha value is -3.09. The second-order valence-corrected chi connectivity index (χ2v) is 8.32. The van der Waals surface area contributed by atoms with Crippen molar-refractivity contribution in [2.24, 2.45) is 5.92 Å². The van der Waals surface area contributed by atoms with Gasteiger partial charge in [-0.15, -0.1) is 0 Å². The summed E-state index contributed by atoms with van der Waals surface area (Å²) in [5, 5.41) is 12.1. The molecule has 0 fully saturated rings. The fraction of sp³-hybridized carbons (Fsp3) is 0.458. The van der Waals surface area contributed by atoms with Crippen molar-refractivity contribution in [2.45, 2.75) is 65.5 Å². The molecule has 2 aromatic heterocycles. The first-order valence-corrected chi connectivity index (χ1v) is 10.9. The van der Waals surface area contributed by atoms with Crippen molar-refractivity contribution in [3.63, 3.8) is 0 Å². The topological polar surface area (TPSA) is 97.4 Å². The van der Waals surface area contributed by atoms with Gasteiger partial charge in [0.25, 0.3) is 5.91 Å². The zero-order valence-corrected chi connectivity index (χ0v) is 18.6. The van der Waals surface area contributed by atoms with Gasteiger partial charge in [0.2, 0.25) is 0 Å². The van der Waals surface area contributed by atoms with Crippen molar-refractivity contribution >= 4 is 22.9 Å². The average Bonchev–Trinajstić information content (AvgIpc) is 3.36. The van der Waals surface area contributed by atoms with Gasteiger partial charge < -0.3 is 19.4 Å². The summed E-state index contributed by atoms with van der Waals surface area (Å²) in [4.78, 5) is 29.1. The number of carbonyl (C=O) groups excluding carboxylic acids is 1. The van der Waals surface area contributed by atoms with Gasteiger partial charge in [0.05, 0.1) is 23.7 Å². The van der Waals surface area contributed by atoms with E-state index in [-0.39, 0.29) is 12.0 Å². The van der Waals surface area contributed by atoms with E-state index in [0.29, 0.717) is 18.4 Å². The number of rotatable bonds is 10. The Labute approximate surface area is 182 Å². The molecule has 31 heavy (non-hydrogen) atoms. The van der Waals surface area contributed by atoms with E-state index in [0.717, 1.165) is 35.5 Å². The van der Waals surface area contributed by atoms with Crippen LogP contribution in [-0.2, 0) is 11.2 Å². The molecule has 0 bridgehead atoms. The summed E-state index contributed by atoms with van der Waals surface area (Å²) in [5.74, 6) is 0.447. The lowest BCUT2D eigenvalue weighted by atomic mass is 10.0. The molecule has 7 nitrogen and oxygen atoms in total. The van der Waals surface area contributed by atoms with Gasteiger partial charge in [-0.3, -0.25) is 4.79 Å². The first kappa shape index (κ1) is 22.6. The summed E-state index contributed by atoms with van der Waals surface area (Å²) in [6.07, 6.45) is 4.52. The third-order valence-corrected chi connectivity index (χ3v) is 5.56. The van der Waals surface area contributed by atoms with Crippen molar-refractivity contribution in [2.75, 3.05) is 0 Å². The number of furan rings is 1. The number of carboxylic acid groups (broad SMARTS) is 1. The highest BCUT2D eigenvalue weighted by atomic mass is 16.4. The Morgan fingerprint density at radius 2 is 1.94 bits per heavy atom. The maximum atomic E-state index is 12.8. The summed E-state index contributed by atoms with van der Waals surface area (Å²) >= 11 is 0. The van der Waals surface area contributed by atoms with Crippen LogP contribution in [0, 0.1) is 5.92 Å². The fourth-order valence-electron chi connectivity index (χ4n) is 3.98.